The van der Waals surface area contributed by atoms with E-state index >= 15 is 0 Å². The summed E-state index contributed by atoms with van der Waals surface area (Å²) in [5.41, 5.74) is 1.33. The highest BCUT2D eigenvalue weighted by Gasteiger charge is 2.17. The molecule has 0 radical (unpaired) electrons. The van der Waals surface area contributed by atoms with E-state index in [1.807, 2.05) is 24.3 Å². The predicted octanol–water partition coefficient (Wildman–Crippen LogP) is 1.33. The minimum atomic E-state index is -0.415. The zero-order chi connectivity index (χ0) is 18.5. The molecule has 26 heavy (non-hydrogen) atoms. The molecule has 3 rings (SSSR count). The van der Waals surface area contributed by atoms with E-state index in [-0.39, 0.29) is 5.69 Å². The Labute approximate surface area is 152 Å². The van der Waals surface area contributed by atoms with Crippen LogP contribution in [0.1, 0.15) is 10.5 Å². The van der Waals surface area contributed by atoms with Crippen LogP contribution in [-0.4, -0.2) is 60.9 Å². The lowest BCUT2D eigenvalue weighted by molar-refractivity contribution is 0.103. The summed E-state index contributed by atoms with van der Waals surface area (Å²) in [5.74, 6) is -0.415. The molecule has 0 N–H and O–H groups in total. The van der Waals surface area contributed by atoms with Crippen LogP contribution >= 0.6 is 0 Å². The molecule has 2 aromatic rings. The minimum absolute atomic E-state index is 0.0950. The van der Waals surface area contributed by atoms with Crippen molar-refractivity contribution >= 4 is 11.5 Å². The lowest BCUT2D eigenvalue weighted by Gasteiger charge is -2.30. The maximum Gasteiger partial charge on any atom is 0.211 e. The van der Waals surface area contributed by atoms with Gasteiger partial charge >= 0.3 is 0 Å². The zero-order valence-corrected chi connectivity index (χ0v) is 15.0. The number of ketones is 1. The Hall–Kier alpha value is -2.93. The molecule has 2 heterocycles. The van der Waals surface area contributed by atoms with Crippen LogP contribution in [0.4, 0.5) is 5.69 Å². The van der Waals surface area contributed by atoms with E-state index in [1.165, 1.54) is 12.1 Å². The first-order valence-corrected chi connectivity index (χ1v) is 8.47. The third kappa shape index (κ3) is 4.00. The third-order valence-corrected chi connectivity index (χ3v) is 4.05. The molecule has 7 heteroatoms. The van der Waals surface area contributed by atoms with Gasteiger partial charge in [-0.3, -0.25) is 9.59 Å². The van der Waals surface area contributed by atoms with E-state index < -0.39 is 11.2 Å². The number of carbonyl (C=O) groups excluding carboxylic acids is 1. The molecule has 1 aliphatic rings. The van der Waals surface area contributed by atoms with Crippen molar-refractivity contribution in [1.82, 2.24) is 14.7 Å². The van der Waals surface area contributed by atoms with Crippen LogP contribution in [0.2, 0.25) is 0 Å². The first kappa shape index (κ1) is 17.9. The Morgan fingerprint density at radius 3 is 2.54 bits per heavy atom. The first-order valence-electron chi connectivity index (χ1n) is 8.47. The molecule has 1 saturated heterocycles. The van der Waals surface area contributed by atoms with Crippen LogP contribution in [0.15, 0.2) is 53.6 Å². The maximum absolute atomic E-state index is 12.3. The Bertz CT molecular complexity index is 867. The highest BCUT2D eigenvalue weighted by atomic mass is 16.5. The standard InChI is InChI=1S/C19H22N4O3/c1-21(2)9-7-17(24)19-18(25)8-10-23(20-19)16-6-4-3-5-15(16)22-11-13-26-14-12-22/h3-10H,11-14H2,1-2H3. The van der Waals surface area contributed by atoms with Gasteiger partial charge in [-0.15, -0.1) is 0 Å². The molecule has 1 aromatic carbocycles. The Morgan fingerprint density at radius 1 is 1.15 bits per heavy atom. The van der Waals surface area contributed by atoms with Gasteiger partial charge in [-0.05, 0) is 12.1 Å². The fraction of sp³-hybridized carbons (Fsp3) is 0.316. The second-order valence-electron chi connectivity index (χ2n) is 6.20. The van der Waals surface area contributed by atoms with Crippen LogP contribution in [0.25, 0.3) is 5.69 Å². The van der Waals surface area contributed by atoms with E-state index in [9.17, 15) is 9.59 Å². The van der Waals surface area contributed by atoms with Gasteiger partial charge in [0.25, 0.3) is 0 Å². The van der Waals surface area contributed by atoms with Crippen LogP contribution in [0, 0.1) is 0 Å². The molecule has 0 saturated carbocycles. The second-order valence-corrected chi connectivity index (χ2v) is 6.20. The Balaban J connectivity index is 1.99. The summed E-state index contributed by atoms with van der Waals surface area (Å²) in [7, 11) is 3.61. The highest BCUT2D eigenvalue weighted by Crippen LogP contribution is 2.24. The van der Waals surface area contributed by atoms with Crippen molar-refractivity contribution in [2.24, 2.45) is 0 Å². The number of anilines is 1. The highest BCUT2D eigenvalue weighted by molar-refractivity contribution is 6.02. The number of carbonyl (C=O) groups is 1. The van der Waals surface area contributed by atoms with Crippen molar-refractivity contribution in [2.75, 3.05) is 45.3 Å². The van der Waals surface area contributed by atoms with Gasteiger partial charge in [0, 0.05) is 51.7 Å². The summed E-state index contributed by atoms with van der Waals surface area (Å²) in [6, 6.07) is 9.18. The summed E-state index contributed by atoms with van der Waals surface area (Å²) in [4.78, 5) is 28.4. The molecule has 0 aliphatic carbocycles. The van der Waals surface area contributed by atoms with Gasteiger partial charge in [-0.25, -0.2) is 4.68 Å². The van der Waals surface area contributed by atoms with Crippen molar-refractivity contribution in [1.29, 1.82) is 0 Å². The van der Waals surface area contributed by atoms with E-state index in [0.717, 1.165) is 24.5 Å². The first-order chi connectivity index (χ1) is 12.6. The summed E-state index contributed by atoms with van der Waals surface area (Å²) in [6.07, 6.45) is 4.54. The fourth-order valence-electron chi connectivity index (χ4n) is 2.74. The topological polar surface area (TPSA) is 67.7 Å². The smallest absolute Gasteiger partial charge is 0.211 e. The second kappa shape index (κ2) is 7.97. The van der Waals surface area contributed by atoms with Crippen LogP contribution in [0.3, 0.4) is 0 Å². The average Bonchev–Trinajstić information content (AvgIpc) is 2.67. The number of benzene rings is 1. The van der Waals surface area contributed by atoms with Gasteiger partial charge < -0.3 is 14.5 Å². The van der Waals surface area contributed by atoms with Crippen LogP contribution in [-0.2, 0) is 4.74 Å². The summed E-state index contributed by atoms with van der Waals surface area (Å²) in [6.45, 7) is 2.92. The van der Waals surface area contributed by atoms with Crippen molar-refractivity contribution in [3.8, 4) is 5.69 Å². The molecular weight excluding hydrogens is 332 g/mol. The van der Waals surface area contributed by atoms with E-state index in [1.54, 1.807) is 36.1 Å². The number of aromatic nitrogens is 2. The quantitative estimate of drug-likeness (QED) is 0.596. The van der Waals surface area contributed by atoms with Crippen LogP contribution < -0.4 is 10.3 Å². The molecule has 0 bridgehead atoms. The van der Waals surface area contributed by atoms with Crippen molar-refractivity contribution in [3.05, 3.63) is 64.7 Å². The molecule has 7 nitrogen and oxygen atoms in total. The minimum Gasteiger partial charge on any atom is -0.383 e. The molecule has 0 unspecified atom stereocenters. The van der Waals surface area contributed by atoms with E-state index in [4.69, 9.17) is 4.74 Å². The van der Waals surface area contributed by atoms with Crippen molar-refractivity contribution < 1.29 is 9.53 Å². The number of nitrogens with zero attached hydrogens (tertiary/aromatic N) is 4. The molecular formula is C19H22N4O3. The number of ether oxygens (including phenoxy) is 1. The number of para-hydroxylation sites is 2. The van der Waals surface area contributed by atoms with Crippen molar-refractivity contribution in [2.45, 2.75) is 0 Å². The van der Waals surface area contributed by atoms with Gasteiger partial charge in [0.2, 0.25) is 11.2 Å². The predicted molar refractivity (Wildman–Crippen MR) is 100 cm³/mol. The lowest BCUT2D eigenvalue weighted by Crippen LogP contribution is -2.37. The molecule has 0 amide bonds. The number of morpholine rings is 1. The lowest BCUT2D eigenvalue weighted by atomic mass is 10.2. The van der Waals surface area contributed by atoms with Crippen LogP contribution in [0.5, 0.6) is 0 Å². The summed E-state index contributed by atoms with van der Waals surface area (Å²) >= 11 is 0. The monoisotopic (exact) mass is 354 g/mol. The van der Waals surface area contributed by atoms with Crippen molar-refractivity contribution in [3.63, 3.8) is 0 Å². The molecule has 1 aromatic heterocycles. The zero-order valence-electron chi connectivity index (χ0n) is 15.0. The molecule has 1 aliphatic heterocycles. The average molecular weight is 354 g/mol. The molecule has 1 fully saturated rings. The molecule has 136 valence electrons. The van der Waals surface area contributed by atoms with E-state index in [2.05, 4.69) is 10.00 Å². The Kier molecular flexibility index (Phi) is 5.48. The van der Waals surface area contributed by atoms with Gasteiger partial charge in [-0.1, -0.05) is 12.1 Å². The number of allylic oxidation sites excluding steroid dienone is 1. The molecule has 0 atom stereocenters. The Morgan fingerprint density at radius 2 is 1.85 bits per heavy atom. The van der Waals surface area contributed by atoms with Gasteiger partial charge in [0.1, 0.15) is 0 Å². The largest absolute Gasteiger partial charge is 0.383 e. The number of hydrogen-bond donors (Lipinski definition) is 0. The number of hydrogen-bond acceptors (Lipinski definition) is 6. The fourth-order valence-corrected chi connectivity index (χ4v) is 2.74. The van der Waals surface area contributed by atoms with E-state index in [0.29, 0.717) is 13.2 Å². The SMILES string of the molecule is CN(C)C=CC(=O)c1nn(-c2ccccc2N2CCOCC2)ccc1=O. The van der Waals surface area contributed by atoms with Gasteiger partial charge in [-0.2, -0.15) is 5.10 Å². The van der Waals surface area contributed by atoms with Gasteiger partial charge in [0.05, 0.1) is 24.6 Å². The summed E-state index contributed by atoms with van der Waals surface area (Å²) in [5, 5.41) is 4.30. The number of rotatable bonds is 5. The normalized spacial score (nSPS) is 14.6. The third-order valence-electron chi connectivity index (χ3n) is 4.05. The summed E-state index contributed by atoms with van der Waals surface area (Å²) < 4.78 is 7.00. The molecule has 0 spiro atoms. The van der Waals surface area contributed by atoms with Gasteiger partial charge in [0.15, 0.2) is 5.69 Å². The maximum atomic E-state index is 12.3.